The smallest absolute Gasteiger partial charge is 0.305 e. The largest absolute Gasteiger partial charge is 0.481 e. The van der Waals surface area contributed by atoms with E-state index in [2.05, 4.69) is 0 Å². The van der Waals surface area contributed by atoms with Crippen LogP contribution in [0.25, 0.3) is 0 Å². The Kier molecular flexibility index (Phi) is 28.5. The van der Waals surface area contributed by atoms with Crippen LogP contribution in [0.3, 0.4) is 0 Å². The molecule has 0 aliphatic carbocycles. The summed E-state index contributed by atoms with van der Waals surface area (Å²) in [6.07, 6.45) is -58.7. The fourth-order valence-corrected chi connectivity index (χ4v) is 12.2. The first-order valence-electron chi connectivity index (χ1n) is 31.0. The first-order valence-corrected chi connectivity index (χ1v) is 31.0. The molecule has 0 bridgehead atoms. The fourth-order valence-electron chi connectivity index (χ4n) is 12.2. The van der Waals surface area contributed by atoms with Crippen LogP contribution in [0, 0.1) is 0 Å². The maximum absolute atomic E-state index is 12.6. The predicted octanol–water partition coefficient (Wildman–Crippen LogP) is -7.38. The van der Waals surface area contributed by atoms with Crippen LogP contribution in [0.2, 0.25) is 0 Å². The molecule has 0 amide bonds. The van der Waals surface area contributed by atoms with E-state index >= 15 is 0 Å². The average molecular weight is 1320 g/mol. The number of hydrogen-bond acceptors (Lipinski definition) is 33. The van der Waals surface area contributed by atoms with Gasteiger partial charge in [-0.2, -0.15) is 0 Å². The van der Waals surface area contributed by atoms with Crippen LogP contribution in [-0.2, 0) is 71.1 Å². The first-order chi connectivity index (χ1) is 42.5. The molecule has 0 unspecified atom stereocenters. The van der Waals surface area contributed by atoms with Gasteiger partial charge in [0.05, 0.1) is 62.4 Å². The lowest BCUT2D eigenvalue weighted by Crippen LogP contribution is -2.69. The normalized spacial score (nSPS) is 48.6. The lowest BCUT2D eigenvalue weighted by Gasteiger charge is -2.51. The number of carbonyl (C=O) groups is 1. The summed E-state index contributed by atoms with van der Waals surface area (Å²) in [6.45, 7) is 6.81. The molecule has 90 heavy (non-hydrogen) atoms. The van der Waals surface area contributed by atoms with E-state index in [1.165, 1.54) is 34.6 Å². The van der Waals surface area contributed by atoms with Crippen molar-refractivity contribution < 1.29 is 168 Å². The molecule has 0 aromatic rings. The van der Waals surface area contributed by atoms with Gasteiger partial charge in [-0.05, 0) is 53.9 Å². The van der Waals surface area contributed by atoms with Gasteiger partial charge in [-0.1, -0.05) is 45.4 Å². The molecule has 37 atom stereocenters. The third-order valence-corrected chi connectivity index (χ3v) is 17.7. The Morgan fingerprint density at radius 1 is 0.356 bits per heavy atom. The standard InChI is InChI=1S/C56H98O34/c1-7-13-25(15-12-10-8-9-11-14-24(59)16-28(60)61)82-54-47(37(70)31(64)21(4)80-54)90-56-49(39(72)34(67)27(18-58)84-56)89-53-43(76)46(44(23(6)81-53)85-50-40(73)35(68)29(62)19(2)77-50)87-55-48(38(71)33(66)26(17-57)83-55)88-52-42(75)45(32(65)22(5)79-52)86-51-41(74)36(69)30(63)20(3)78-51/h19-27,29-59,62-76H,7-18H2,1-6H3,(H,60,61)/t19-,20+,21-,22-,23+,24+,25+,26-,27-,29-,30+,31+,32-,33-,34-,35+,36-,37+,38+,39+,40-,41-,42-,43-,44+,45+,46+,47-,48-,49-,50+,51+,52+,53+,54+,55+,56+/m1/s1. The van der Waals surface area contributed by atoms with Crippen molar-refractivity contribution in [1.82, 2.24) is 0 Å². The van der Waals surface area contributed by atoms with E-state index in [4.69, 9.17) is 71.4 Å². The third-order valence-electron chi connectivity index (χ3n) is 17.7. The van der Waals surface area contributed by atoms with Crippen molar-refractivity contribution in [2.75, 3.05) is 13.2 Å². The molecule has 7 aliphatic rings. The van der Waals surface area contributed by atoms with E-state index in [0.717, 1.165) is 19.3 Å². The van der Waals surface area contributed by atoms with E-state index < -0.39 is 246 Å². The summed E-state index contributed by atoms with van der Waals surface area (Å²) < 4.78 is 84.8. The second-order valence-corrected chi connectivity index (χ2v) is 24.6. The molecule has 34 heteroatoms. The van der Waals surface area contributed by atoms with Crippen LogP contribution in [0.5, 0.6) is 0 Å². The molecule has 0 saturated carbocycles. The van der Waals surface area contributed by atoms with Gasteiger partial charge in [0.25, 0.3) is 0 Å². The van der Waals surface area contributed by atoms with Crippen LogP contribution >= 0.6 is 0 Å². The van der Waals surface area contributed by atoms with Crippen molar-refractivity contribution >= 4 is 5.97 Å². The molecule has 0 aromatic heterocycles. The van der Waals surface area contributed by atoms with Gasteiger partial charge in [-0.3, -0.25) is 4.79 Å². The number of aliphatic carboxylic acids is 1. The second-order valence-electron chi connectivity index (χ2n) is 24.6. The summed E-state index contributed by atoms with van der Waals surface area (Å²) in [5.74, 6) is -1.09. The zero-order chi connectivity index (χ0) is 66.3. The van der Waals surface area contributed by atoms with Crippen LogP contribution < -0.4 is 0 Å². The highest BCUT2D eigenvalue weighted by Gasteiger charge is 2.59. The molecule has 0 aromatic carbocycles. The van der Waals surface area contributed by atoms with Crippen molar-refractivity contribution in [3.8, 4) is 0 Å². The number of aliphatic hydroxyl groups excluding tert-OH is 18. The molecule has 7 aliphatic heterocycles. The predicted molar refractivity (Wildman–Crippen MR) is 293 cm³/mol. The Morgan fingerprint density at radius 3 is 1.19 bits per heavy atom. The highest BCUT2D eigenvalue weighted by atomic mass is 16.8. The monoisotopic (exact) mass is 1310 g/mol. The van der Waals surface area contributed by atoms with Crippen LogP contribution in [-0.4, -0.2) is 343 Å². The van der Waals surface area contributed by atoms with Gasteiger partial charge in [0.1, 0.15) is 140 Å². The van der Waals surface area contributed by atoms with Gasteiger partial charge in [-0.25, -0.2) is 0 Å². The van der Waals surface area contributed by atoms with E-state index in [1.807, 2.05) is 6.92 Å². The van der Waals surface area contributed by atoms with Crippen molar-refractivity contribution in [2.24, 2.45) is 0 Å². The van der Waals surface area contributed by atoms with Crippen LogP contribution in [0.1, 0.15) is 106 Å². The van der Waals surface area contributed by atoms with E-state index in [9.17, 15) is 96.7 Å². The van der Waals surface area contributed by atoms with E-state index in [-0.39, 0.29) is 6.42 Å². The number of rotatable bonds is 28. The summed E-state index contributed by atoms with van der Waals surface area (Å²) in [5, 5.41) is 208. The van der Waals surface area contributed by atoms with Crippen molar-refractivity contribution in [1.29, 1.82) is 0 Å². The SMILES string of the molecule is CCC[C@@H](CCCCCCC[C@H](O)CC(=O)O)O[C@@H]1O[C@H](C)[C@H](O)[C@H](O)[C@H]1O[C@@H]1O[C@H](CO)[C@@H](O)[C@H](O)[C@H]1O[C@@H]1O[C@@H](C)[C@H](O[C@@H]2O[C@H](C)[C@@H](O)[C@H](O)[C@H]2O)[C@@H](O[C@@H]2O[C@H](CO)[C@@H](O)[C@H](O)[C@H]2O[C@@H]2O[C@H](C)[C@@H](O)[C@H](O[C@@H]3O[C@@H](C)[C@H](O)[C@@H](O)[C@H]3O)[C@H]2O)[C@H]1O. The zero-order valence-corrected chi connectivity index (χ0v) is 51.0. The topological polar surface area (TPSA) is 531 Å². The number of carboxylic acids is 1. The Hall–Kier alpha value is -1.81. The van der Waals surface area contributed by atoms with Gasteiger partial charge >= 0.3 is 5.97 Å². The molecule has 7 saturated heterocycles. The van der Waals surface area contributed by atoms with Gasteiger partial charge in [0.2, 0.25) is 0 Å². The number of hydrogen-bond donors (Lipinski definition) is 19. The minimum absolute atomic E-state index is 0.340. The second kappa shape index (κ2) is 33.9. The van der Waals surface area contributed by atoms with E-state index in [1.54, 1.807) is 0 Å². The number of carboxylic acid groups (broad SMARTS) is 1. The Bertz CT molecular complexity index is 2130. The van der Waals surface area contributed by atoms with E-state index in [0.29, 0.717) is 38.5 Å². The molecule has 0 spiro atoms. The average Bonchev–Trinajstić information content (AvgIpc) is 0.793. The Morgan fingerprint density at radius 2 is 0.711 bits per heavy atom. The Balaban J connectivity index is 1.15. The summed E-state index contributed by atoms with van der Waals surface area (Å²) in [7, 11) is 0. The lowest BCUT2D eigenvalue weighted by atomic mass is 9.95. The van der Waals surface area contributed by atoms with Gasteiger partial charge in [0.15, 0.2) is 44.0 Å². The van der Waals surface area contributed by atoms with Crippen LogP contribution in [0.15, 0.2) is 0 Å². The third kappa shape index (κ3) is 17.9. The highest BCUT2D eigenvalue weighted by molar-refractivity contribution is 5.67. The zero-order valence-electron chi connectivity index (χ0n) is 51.0. The van der Waals surface area contributed by atoms with Crippen molar-refractivity contribution in [3.05, 3.63) is 0 Å². The van der Waals surface area contributed by atoms with Gasteiger partial charge in [-0.15, -0.1) is 0 Å². The summed E-state index contributed by atoms with van der Waals surface area (Å²) >= 11 is 0. The minimum Gasteiger partial charge on any atom is -0.481 e. The van der Waals surface area contributed by atoms with Crippen LogP contribution in [0.4, 0.5) is 0 Å². The van der Waals surface area contributed by atoms with Gasteiger partial charge < -0.3 is 163 Å². The maximum Gasteiger partial charge on any atom is 0.305 e. The molecule has 7 rings (SSSR count). The fraction of sp³-hybridized carbons (Fsp3) is 0.982. The molecule has 7 fully saturated rings. The molecule has 7 heterocycles. The molecular weight excluding hydrogens is 1220 g/mol. The maximum atomic E-state index is 12.6. The molecule has 19 N–H and O–H groups in total. The Labute approximate surface area is 519 Å². The molecular formula is C56H98O34. The summed E-state index contributed by atoms with van der Waals surface area (Å²) in [5.41, 5.74) is 0. The quantitative estimate of drug-likeness (QED) is 0.0324. The first kappa shape index (κ1) is 75.6. The number of unbranched alkanes of at least 4 members (excludes halogenated alkanes) is 4. The van der Waals surface area contributed by atoms with Gasteiger partial charge in [0, 0.05) is 0 Å². The summed E-state index contributed by atoms with van der Waals surface area (Å²) in [6, 6.07) is 0. The van der Waals surface area contributed by atoms with Crippen molar-refractivity contribution in [2.45, 2.75) is 333 Å². The number of aliphatic hydroxyl groups is 18. The lowest BCUT2D eigenvalue weighted by molar-refractivity contribution is -0.415. The number of ether oxygens (including phenoxy) is 14. The van der Waals surface area contributed by atoms with Crippen molar-refractivity contribution in [3.63, 3.8) is 0 Å². The highest BCUT2D eigenvalue weighted by Crippen LogP contribution is 2.40. The summed E-state index contributed by atoms with van der Waals surface area (Å²) in [4.78, 5) is 10.9. The molecule has 34 nitrogen and oxygen atoms in total. The molecule has 526 valence electrons. The minimum atomic E-state index is -2.27. The molecule has 0 radical (unpaired) electrons.